The third kappa shape index (κ3) is 3.03. The Balaban J connectivity index is 1.64. The molecule has 5 aliphatic rings. The van der Waals surface area contributed by atoms with E-state index >= 15 is 8.78 Å². The van der Waals surface area contributed by atoms with Gasteiger partial charge in [0.15, 0.2) is 23.7 Å². The van der Waals surface area contributed by atoms with Gasteiger partial charge in [-0.1, -0.05) is 24.6 Å². The number of aliphatic hydroxyl groups excluding tert-OH is 1. The number of halogens is 3. The number of hydrogen-bond donors (Lipinski definition) is 1. The van der Waals surface area contributed by atoms with Crippen LogP contribution in [0.25, 0.3) is 0 Å². The van der Waals surface area contributed by atoms with Crippen LogP contribution in [-0.2, 0) is 23.8 Å². The highest BCUT2D eigenvalue weighted by Gasteiger charge is 2.80. The summed E-state index contributed by atoms with van der Waals surface area (Å²) in [5.41, 5.74) is -6.18. The third-order valence-electron chi connectivity index (χ3n) is 9.27. The number of Topliss-reactive ketones (excluding diaryl/α,β-unsaturated/α-hetero) is 1. The normalized spacial score (nSPS) is 47.4. The lowest BCUT2D eigenvalue weighted by molar-refractivity contribution is -0.244. The Kier molecular flexibility index (Phi) is 5.34. The highest BCUT2D eigenvalue weighted by Crippen LogP contribution is 2.72. The molecule has 9 heteroatoms. The molecule has 5 rings (SSSR count). The third-order valence-corrected chi connectivity index (χ3v) is 9.51. The molecule has 0 bridgehead atoms. The highest BCUT2D eigenvalue weighted by molar-refractivity contribution is 6.31. The second-order valence-electron chi connectivity index (χ2n) is 11.5. The van der Waals surface area contributed by atoms with Crippen LogP contribution >= 0.6 is 11.6 Å². The minimum atomic E-state index is -2.21. The van der Waals surface area contributed by atoms with E-state index in [0.29, 0.717) is 5.03 Å². The zero-order chi connectivity index (χ0) is 25.8. The lowest BCUT2D eigenvalue weighted by atomic mass is 9.45. The molecule has 0 radical (unpaired) electrons. The maximum atomic E-state index is 17.3. The summed E-state index contributed by atoms with van der Waals surface area (Å²) >= 11 is 6.11. The van der Waals surface area contributed by atoms with E-state index in [1.807, 2.05) is 0 Å². The van der Waals surface area contributed by atoms with Crippen LogP contribution in [0.5, 0.6) is 0 Å². The first-order valence-corrected chi connectivity index (χ1v) is 12.4. The molecule has 0 aromatic rings. The maximum Gasteiger partial charge on any atom is 0.303 e. The summed E-state index contributed by atoms with van der Waals surface area (Å²) < 4.78 is 50.4. The van der Waals surface area contributed by atoms with E-state index in [1.165, 1.54) is 25.2 Å². The van der Waals surface area contributed by atoms with Crippen molar-refractivity contribution in [3.8, 4) is 0 Å². The van der Waals surface area contributed by atoms with Gasteiger partial charge in [-0.3, -0.25) is 9.59 Å². The van der Waals surface area contributed by atoms with Crippen LogP contribution in [0.2, 0.25) is 0 Å². The van der Waals surface area contributed by atoms with Crippen LogP contribution in [0, 0.1) is 22.7 Å². The zero-order valence-corrected chi connectivity index (χ0v) is 21.2. The molecular weight excluding hydrogens is 482 g/mol. The van der Waals surface area contributed by atoms with Crippen LogP contribution in [-0.4, -0.2) is 52.7 Å². The average molecular weight is 513 g/mol. The van der Waals surface area contributed by atoms with E-state index < -0.39 is 76.1 Å². The lowest BCUT2D eigenvalue weighted by Crippen LogP contribution is -2.69. The quantitative estimate of drug-likeness (QED) is 0.563. The summed E-state index contributed by atoms with van der Waals surface area (Å²) in [7, 11) is 0. The van der Waals surface area contributed by atoms with Gasteiger partial charge in [0, 0.05) is 29.7 Å². The Labute approximate surface area is 208 Å². The number of alkyl halides is 1. The summed E-state index contributed by atoms with van der Waals surface area (Å²) in [5.74, 6) is -4.21. The molecule has 0 spiro atoms. The number of ketones is 1. The minimum absolute atomic E-state index is 0.109. The monoisotopic (exact) mass is 512 g/mol. The summed E-state index contributed by atoms with van der Waals surface area (Å²) in [6.45, 7) is 7.41. The van der Waals surface area contributed by atoms with Crippen molar-refractivity contribution < 1.29 is 37.7 Å². The largest absolute Gasteiger partial charge is 0.458 e. The summed E-state index contributed by atoms with van der Waals surface area (Å²) in [6, 6.07) is 0. The van der Waals surface area contributed by atoms with Gasteiger partial charge in [0.2, 0.25) is 5.78 Å². The SMILES string of the molecule is CC(=O)OCC(=O)[C@@]12OC(C)(C)O[C@@H]1C[C@H]1[C@@H]3CC(F)=C4C=C(Cl)C=C[C@]4(C)[C@@]3(F)[C@@H](O)C[C@@]12C. The predicted molar refractivity (Wildman–Crippen MR) is 123 cm³/mol. The van der Waals surface area contributed by atoms with Gasteiger partial charge < -0.3 is 19.3 Å². The number of esters is 1. The molecule has 192 valence electrons. The fourth-order valence-corrected chi connectivity index (χ4v) is 8.06. The fourth-order valence-electron chi connectivity index (χ4n) is 7.89. The van der Waals surface area contributed by atoms with Crippen molar-refractivity contribution in [2.24, 2.45) is 22.7 Å². The molecular formula is C26H31ClF2O6. The van der Waals surface area contributed by atoms with Crippen LogP contribution in [0.3, 0.4) is 0 Å². The first-order chi connectivity index (χ1) is 16.1. The Morgan fingerprint density at radius 3 is 2.60 bits per heavy atom. The molecule has 1 N–H and O–H groups in total. The Morgan fingerprint density at radius 2 is 1.94 bits per heavy atom. The van der Waals surface area contributed by atoms with Gasteiger partial charge in [0.05, 0.1) is 17.6 Å². The molecule has 0 amide bonds. The van der Waals surface area contributed by atoms with E-state index in [4.69, 9.17) is 25.8 Å². The van der Waals surface area contributed by atoms with Gasteiger partial charge in [-0.05, 0) is 57.3 Å². The zero-order valence-electron chi connectivity index (χ0n) is 20.5. The summed E-state index contributed by atoms with van der Waals surface area (Å²) in [6.07, 6.45) is 2.11. The number of ether oxygens (including phenoxy) is 3. The first kappa shape index (κ1) is 25.1. The van der Waals surface area contributed by atoms with E-state index in [0.717, 1.165) is 0 Å². The molecule has 8 atom stereocenters. The van der Waals surface area contributed by atoms with Crippen LogP contribution in [0.15, 0.2) is 34.7 Å². The Morgan fingerprint density at radius 1 is 1.26 bits per heavy atom. The molecule has 2 saturated carbocycles. The second-order valence-corrected chi connectivity index (χ2v) is 11.9. The van der Waals surface area contributed by atoms with Gasteiger partial charge in [-0.2, -0.15) is 0 Å². The van der Waals surface area contributed by atoms with Crippen LogP contribution in [0.1, 0.15) is 53.9 Å². The Hall–Kier alpha value is -1.61. The number of rotatable bonds is 3. The van der Waals surface area contributed by atoms with Crippen molar-refractivity contribution in [3.63, 3.8) is 0 Å². The van der Waals surface area contributed by atoms with E-state index in [9.17, 15) is 14.7 Å². The highest BCUT2D eigenvalue weighted by atomic mass is 35.5. The molecule has 0 unspecified atom stereocenters. The number of carbonyl (C=O) groups is 2. The van der Waals surface area contributed by atoms with Crippen LogP contribution < -0.4 is 0 Å². The number of fused-ring (bicyclic) bond motifs is 7. The summed E-state index contributed by atoms with van der Waals surface area (Å²) in [4.78, 5) is 25.1. The second kappa shape index (κ2) is 7.46. The van der Waals surface area contributed by atoms with Crippen molar-refractivity contribution in [2.75, 3.05) is 6.61 Å². The molecule has 0 aromatic heterocycles. The maximum absolute atomic E-state index is 17.3. The summed E-state index contributed by atoms with van der Waals surface area (Å²) in [5, 5.41) is 11.8. The molecule has 0 aromatic carbocycles. The molecule has 1 saturated heterocycles. The predicted octanol–water partition coefficient (Wildman–Crippen LogP) is 4.45. The van der Waals surface area contributed by atoms with Crippen molar-refractivity contribution in [1.82, 2.24) is 0 Å². The van der Waals surface area contributed by atoms with Gasteiger partial charge in [-0.25, -0.2) is 8.78 Å². The van der Waals surface area contributed by atoms with Crippen LogP contribution in [0.4, 0.5) is 8.78 Å². The van der Waals surface area contributed by atoms with E-state index in [1.54, 1.807) is 27.7 Å². The van der Waals surface area contributed by atoms with Crippen molar-refractivity contribution in [1.29, 1.82) is 0 Å². The molecule has 1 aliphatic heterocycles. The van der Waals surface area contributed by atoms with Crippen molar-refractivity contribution >= 4 is 23.4 Å². The number of aliphatic hydroxyl groups is 1. The van der Waals surface area contributed by atoms with Crippen molar-refractivity contribution in [3.05, 3.63) is 34.7 Å². The van der Waals surface area contributed by atoms with E-state index in [2.05, 4.69) is 0 Å². The average Bonchev–Trinajstić information content (AvgIpc) is 3.16. The number of allylic oxidation sites excluding steroid dienone is 6. The molecule has 1 heterocycles. The number of carbonyl (C=O) groups excluding carboxylic acids is 2. The van der Waals surface area contributed by atoms with Gasteiger partial charge in [0.25, 0.3) is 0 Å². The standard InChI is InChI=1S/C26H31ClF2O6/c1-13(30)33-12-20(32)26-21(34-22(2,3)35-26)10-15-16-9-18(28)17-8-14(27)6-7-23(17,4)25(16,29)19(31)11-24(15,26)5/h6-8,15-16,19,21,31H,9-12H2,1-5H3/t15-,16-,19-,21+,23-,24-,25-,26+/m0/s1. The minimum Gasteiger partial charge on any atom is -0.458 e. The number of hydrogen-bond acceptors (Lipinski definition) is 6. The van der Waals surface area contributed by atoms with Gasteiger partial charge in [0.1, 0.15) is 5.83 Å². The van der Waals surface area contributed by atoms with Crippen molar-refractivity contribution in [2.45, 2.75) is 83.1 Å². The molecule has 4 aliphatic carbocycles. The van der Waals surface area contributed by atoms with Gasteiger partial charge >= 0.3 is 5.97 Å². The molecule has 6 nitrogen and oxygen atoms in total. The first-order valence-electron chi connectivity index (χ1n) is 12.0. The van der Waals surface area contributed by atoms with E-state index in [-0.39, 0.29) is 24.8 Å². The Bertz CT molecular complexity index is 1100. The fraction of sp³-hybridized carbons (Fsp3) is 0.692. The smallest absolute Gasteiger partial charge is 0.303 e. The molecule has 35 heavy (non-hydrogen) atoms. The topological polar surface area (TPSA) is 82.1 Å². The lowest BCUT2D eigenvalue weighted by Gasteiger charge is -2.62. The van der Waals surface area contributed by atoms with Gasteiger partial charge in [-0.15, -0.1) is 0 Å². The molecule has 3 fully saturated rings.